The minimum atomic E-state index is -2.86. The van der Waals surface area contributed by atoms with Crippen molar-refractivity contribution in [1.82, 2.24) is 42.5 Å². The predicted molar refractivity (Wildman–Crippen MR) is 169 cm³/mol. The van der Waals surface area contributed by atoms with Gasteiger partial charge >= 0.3 is 0 Å². The van der Waals surface area contributed by atoms with Crippen LogP contribution in [0.1, 0.15) is 103 Å². The van der Waals surface area contributed by atoms with Crippen molar-refractivity contribution in [2.45, 2.75) is 152 Å². The summed E-state index contributed by atoms with van der Waals surface area (Å²) >= 11 is 0. The SMILES string of the molecule is C1CCC2C3NC(NC4NC(NC5NC(NC6NC(N3)C3CCCCC63)C3CCCCC53)C3CCCCC43)C2C1.O=[S-](=O)O.[Zn]. The molecule has 45 heavy (non-hydrogen) atoms. The predicted octanol–water partition coefficient (Wildman–Crippen LogP) is 2.37. The summed E-state index contributed by atoms with van der Waals surface area (Å²) in [6.07, 6.45) is 25.6. The van der Waals surface area contributed by atoms with Crippen LogP contribution in [0.15, 0.2) is 0 Å². The van der Waals surface area contributed by atoms with E-state index in [9.17, 15) is 0 Å². The zero-order chi connectivity index (χ0) is 29.8. The Labute approximate surface area is 284 Å². The average molecular weight is 699 g/mol. The number of hydrogen-bond donors (Lipinski definition) is 9. The van der Waals surface area contributed by atoms with Gasteiger partial charge in [-0.1, -0.05) is 51.4 Å². The minimum Gasteiger partial charge on any atom is -0.439 e. The molecule has 0 spiro atoms. The van der Waals surface area contributed by atoms with Crippen molar-refractivity contribution < 1.29 is 32.4 Å². The first-order chi connectivity index (χ1) is 21.5. The first-order valence-electron chi connectivity index (χ1n) is 18.4. The molecule has 0 amide bonds. The fraction of sp³-hybridized carbons (Fsp3) is 1.00. The monoisotopic (exact) mass is 697 g/mol. The van der Waals surface area contributed by atoms with Crippen molar-refractivity contribution in [1.29, 1.82) is 0 Å². The Morgan fingerprint density at radius 2 is 0.444 bits per heavy atom. The summed E-state index contributed by atoms with van der Waals surface area (Å²) in [5.74, 6) is 5.97. The van der Waals surface area contributed by atoms with E-state index in [-0.39, 0.29) is 19.5 Å². The van der Waals surface area contributed by atoms with Crippen molar-refractivity contribution >= 4 is 11.0 Å². The Balaban J connectivity index is 0.000000617. The molecule has 5 saturated heterocycles. The molecule has 8 atom stereocenters. The Bertz CT molecular complexity index is 875. The molecule has 9 N–H and O–H groups in total. The molecular weight excluding hydrogens is 642 g/mol. The van der Waals surface area contributed by atoms with Gasteiger partial charge in [-0.05, 0) is 98.7 Å². The normalized spacial score (nSPS) is 52.0. The second-order valence-electron chi connectivity index (χ2n) is 15.8. The number of hydrogen-bond acceptors (Lipinski definition) is 11. The third kappa shape index (κ3) is 6.73. The van der Waals surface area contributed by atoms with Gasteiger partial charge in [-0.25, -0.2) is 0 Å². The molecule has 9 aliphatic rings. The maximum Gasteiger partial charge on any atom is 0.0628 e. The van der Waals surface area contributed by atoms with Crippen molar-refractivity contribution in [3.8, 4) is 0 Å². The third-order valence-electron chi connectivity index (χ3n) is 13.8. The summed E-state index contributed by atoms with van der Waals surface area (Å²) in [5.41, 5.74) is 0. The van der Waals surface area contributed by atoms with E-state index >= 15 is 0 Å². The van der Waals surface area contributed by atoms with Crippen molar-refractivity contribution in [3.63, 3.8) is 0 Å². The third-order valence-corrected chi connectivity index (χ3v) is 13.8. The zero-order valence-electron chi connectivity index (χ0n) is 26.9. The van der Waals surface area contributed by atoms with E-state index in [4.69, 9.17) is 13.0 Å². The van der Waals surface area contributed by atoms with Crippen molar-refractivity contribution in [2.24, 2.45) is 47.3 Å². The van der Waals surface area contributed by atoms with Crippen LogP contribution in [0.25, 0.3) is 0 Å². The molecule has 4 aliphatic carbocycles. The summed E-state index contributed by atoms with van der Waals surface area (Å²) in [4.78, 5) is 0. The molecule has 8 unspecified atom stereocenters. The molecule has 0 radical (unpaired) electrons. The summed E-state index contributed by atoms with van der Waals surface area (Å²) in [6.45, 7) is 0. The van der Waals surface area contributed by atoms with Gasteiger partial charge in [0.25, 0.3) is 0 Å². The van der Waals surface area contributed by atoms with Crippen LogP contribution in [0, 0.1) is 47.3 Å². The molecule has 9 rings (SSSR count). The maximum absolute atomic E-state index is 8.56. The Morgan fingerprint density at radius 3 is 0.556 bits per heavy atom. The minimum absolute atomic E-state index is 0. The van der Waals surface area contributed by atoms with Gasteiger partial charge in [0.2, 0.25) is 0 Å². The molecule has 5 heterocycles. The van der Waals surface area contributed by atoms with E-state index < -0.39 is 11.0 Å². The van der Waals surface area contributed by atoms with E-state index in [2.05, 4.69) is 42.5 Å². The van der Waals surface area contributed by atoms with Gasteiger partial charge in [0.15, 0.2) is 0 Å². The smallest absolute Gasteiger partial charge is 0.0628 e. The Kier molecular flexibility index (Phi) is 10.9. The van der Waals surface area contributed by atoms with Crippen LogP contribution in [0.3, 0.4) is 0 Å². The topological polar surface area (TPSA) is 151 Å². The second-order valence-corrected chi connectivity index (χ2v) is 16.3. The van der Waals surface area contributed by atoms with Crippen LogP contribution in [0.4, 0.5) is 0 Å². The van der Waals surface area contributed by atoms with Crippen molar-refractivity contribution in [3.05, 3.63) is 0 Å². The van der Waals surface area contributed by atoms with Gasteiger partial charge in [-0.2, -0.15) is 0 Å². The van der Waals surface area contributed by atoms with Gasteiger partial charge in [0.05, 0.1) is 49.3 Å². The largest absolute Gasteiger partial charge is 0.439 e. The Hall–Kier alpha value is 0.213. The van der Waals surface area contributed by atoms with Crippen LogP contribution in [-0.2, 0) is 38.9 Å². The van der Waals surface area contributed by atoms with Gasteiger partial charge in [-0.15, -0.1) is 0 Å². The van der Waals surface area contributed by atoms with E-state index in [0.717, 1.165) is 47.3 Å². The van der Waals surface area contributed by atoms with E-state index in [1.165, 1.54) is 103 Å². The van der Waals surface area contributed by atoms with Crippen LogP contribution in [0.2, 0.25) is 0 Å². The van der Waals surface area contributed by atoms with Crippen LogP contribution < -0.4 is 42.5 Å². The molecule has 0 aromatic heterocycles. The van der Waals surface area contributed by atoms with E-state index in [1.54, 1.807) is 0 Å². The van der Waals surface area contributed by atoms with Gasteiger partial charge in [-0.3, -0.25) is 42.5 Å². The summed E-state index contributed by atoms with van der Waals surface area (Å²) in [5, 5.41) is 33.8. The molecular formula is C32H57N8O3SZn-. The summed E-state index contributed by atoms with van der Waals surface area (Å²) in [6, 6.07) is 0. The van der Waals surface area contributed by atoms with Gasteiger partial charge < -0.3 is 13.0 Å². The molecule has 0 aromatic carbocycles. The molecule has 4 saturated carbocycles. The summed E-state index contributed by atoms with van der Waals surface area (Å²) < 4.78 is 24.1. The quantitative estimate of drug-likeness (QED) is 0.0795. The average Bonchev–Trinajstić information content (AvgIpc) is 3.76. The molecule has 13 heteroatoms. The van der Waals surface area contributed by atoms with Crippen LogP contribution >= 0.6 is 0 Å². The van der Waals surface area contributed by atoms with Gasteiger partial charge in [0, 0.05) is 30.5 Å². The molecule has 8 bridgehead atoms. The number of fused-ring (bicyclic) bond motifs is 20. The van der Waals surface area contributed by atoms with Crippen molar-refractivity contribution in [2.75, 3.05) is 0 Å². The number of nitrogens with one attached hydrogen (secondary N) is 8. The fourth-order valence-corrected chi connectivity index (χ4v) is 12.0. The zero-order valence-corrected chi connectivity index (χ0v) is 30.7. The second kappa shape index (κ2) is 14.6. The first-order valence-corrected chi connectivity index (χ1v) is 19.4. The van der Waals surface area contributed by atoms with E-state index in [1.807, 2.05) is 0 Å². The summed E-state index contributed by atoms with van der Waals surface area (Å²) in [7, 11) is -2.86. The maximum atomic E-state index is 8.56. The molecule has 11 nitrogen and oxygen atoms in total. The standard InChI is InChI=1S/C32H56N8.HO3S.Zn/c1-2-10-18-17(9-1)25-33-26(18)38-28-21-13-5-6-14-22(21)30(35-28)40-32-24-16-8-7-15-23(24)31(36-32)39-29-20-12-4-3-11-19(20)27(34-29)37-25;1-4(2)3;/h17-40H,1-16H2;(H,1,2,3);/q;-1;. The molecule has 0 aromatic rings. The number of rotatable bonds is 0. The first kappa shape index (κ1) is 33.7. The van der Waals surface area contributed by atoms with Gasteiger partial charge in [0.1, 0.15) is 0 Å². The molecule has 5 aliphatic heterocycles. The Morgan fingerprint density at radius 1 is 0.333 bits per heavy atom. The fourth-order valence-electron chi connectivity index (χ4n) is 12.0. The molecule has 9 fully saturated rings. The van der Waals surface area contributed by atoms with Crippen LogP contribution in [-0.4, -0.2) is 53.9 Å². The van der Waals surface area contributed by atoms with E-state index in [0.29, 0.717) is 49.3 Å². The molecule has 252 valence electrons. The van der Waals surface area contributed by atoms with Crippen LogP contribution in [0.5, 0.6) is 0 Å².